The zero-order chi connectivity index (χ0) is 49.2. The van der Waals surface area contributed by atoms with E-state index in [0.29, 0.717) is 0 Å². The SMILES string of the molecule is c1ccc(C(=C(c2ccccc2)c2ccc(-c3ccc(-c4c5c(c(-c6ccc(-c7ccc(C(=C(c8ccccc8)c8ccccc8)c8ccccc8)cc7)s6)c6c4N=S=N6)N=S=N5)s3)cc2)c2ccccc2)cc1. The second kappa shape index (κ2) is 20.2. The molecule has 350 valence electrons. The summed E-state index contributed by atoms with van der Waals surface area (Å²) in [7, 11) is 0. The molecule has 0 N–H and O–H groups in total. The molecule has 9 aromatic carbocycles. The lowest BCUT2D eigenvalue weighted by Gasteiger charge is -2.18. The van der Waals surface area contributed by atoms with Crippen LogP contribution in [0.2, 0.25) is 0 Å². The third kappa shape index (κ3) is 8.63. The monoisotopic (exact) mass is 1020 g/mol. The van der Waals surface area contributed by atoms with E-state index in [9.17, 15) is 0 Å². The summed E-state index contributed by atoms with van der Waals surface area (Å²) in [4.78, 5) is 4.50. The van der Waals surface area contributed by atoms with Gasteiger partial charge >= 0.3 is 0 Å². The summed E-state index contributed by atoms with van der Waals surface area (Å²) in [5, 5.41) is 0. The summed E-state index contributed by atoms with van der Waals surface area (Å²) in [5.74, 6) is 0. The zero-order valence-electron chi connectivity index (χ0n) is 39.7. The van der Waals surface area contributed by atoms with Crippen molar-refractivity contribution < 1.29 is 0 Å². The van der Waals surface area contributed by atoms with Gasteiger partial charge in [-0.3, -0.25) is 0 Å². The fourth-order valence-electron chi connectivity index (χ4n) is 10.0. The van der Waals surface area contributed by atoms with E-state index in [2.05, 4.69) is 255 Å². The first-order valence-corrected chi connectivity index (χ1v) is 27.5. The number of rotatable bonds is 12. The van der Waals surface area contributed by atoms with Gasteiger partial charge in [-0.05, 0) is 102 Å². The summed E-state index contributed by atoms with van der Waals surface area (Å²) < 4.78 is 19.8. The van der Waals surface area contributed by atoms with Crippen LogP contribution >= 0.6 is 22.7 Å². The highest BCUT2D eigenvalue weighted by Gasteiger charge is 2.31. The molecular weight excluding hydrogens is 977 g/mol. The molecule has 0 unspecified atom stereocenters. The Morgan fingerprint density at radius 3 is 0.676 bits per heavy atom. The minimum atomic E-state index is 0.855. The molecule has 0 amide bonds. The molecule has 2 aliphatic rings. The number of thiophene rings is 2. The minimum absolute atomic E-state index is 0.855. The van der Waals surface area contributed by atoms with Crippen LogP contribution in [-0.4, -0.2) is 0 Å². The second-order valence-corrected chi connectivity index (χ2v) is 21.1. The van der Waals surface area contributed by atoms with Gasteiger partial charge in [0, 0.05) is 30.6 Å². The van der Waals surface area contributed by atoms with Gasteiger partial charge in [-0.15, -0.1) is 22.7 Å². The van der Waals surface area contributed by atoms with Crippen LogP contribution in [0.5, 0.6) is 0 Å². The van der Waals surface area contributed by atoms with Crippen LogP contribution in [-0.2, 0) is 22.7 Å². The molecule has 13 rings (SSSR count). The van der Waals surface area contributed by atoms with Gasteiger partial charge in [0.2, 0.25) is 0 Å². The van der Waals surface area contributed by atoms with Crippen molar-refractivity contribution in [3.63, 3.8) is 0 Å². The maximum Gasteiger partial charge on any atom is 0.116 e. The molecule has 0 saturated heterocycles. The number of hydrogen-bond donors (Lipinski definition) is 0. The molecule has 2 aromatic heterocycles. The molecule has 0 fully saturated rings. The summed E-state index contributed by atoms with van der Waals surface area (Å²) >= 11 is 5.99. The van der Waals surface area contributed by atoms with Gasteiger partial charge in [-0.2, -0.15) is 17.5 Å². The van der Waals surface area contributed by atoms with Crippen molar-refractivity contribution in [1.82, 2.24) is 0 Å². The van der Waals surface area contributed by atoms with E-state index in [1.807, 2.05) is 0 Å². The Morgan fingerprint density at radius 2 is 0.432 bits per heavy atom. The fourth-order valence-corrected chi connectivity index (χ4v) is 13.3. The Balaban J connectivity index is 0.837. The molecular formula is C66H42N4S4. The standard InChI is InChI=1S/C66H42N4S4/c1-7-19-45(20-8-1)57(46-21-9-2-10-22-46)59(49-27-15-5-16-28-49)51-35-31-43(32-36-51)53-39-41-55(71-53)61-63-65(69-73-67-63)62(66-64(61)68-74-70-66)56-42-40-54(72-56)44-33-37-52(38-34-44)60(50-29-17-6-18-30-50)58(47-23-11-3-12-24-47)48-25-13-4-14-26-48/h1-42H. The van der Waals surface area contributed by atoms with Crippen LogP contribution in [0.15, 0.2) is 272 Å². The molecule has 8 heteroatoms. The first kappa shape index (κ1) is 45.4. The Bertz CT molecular complexity index is 3680. The number of hydrogen-bond acceptors (Lipinski definition) is 6. The van der Waals surface area contributed by atoms with Crippen LogP contribution in [0.3, 0.4) is 0 Å². The van der Waals surface area contributed by atoms with E-state index in [0.717, 1.165) is 75.6 Å². The fraction of sp³-hybridized carbons (Fsp3) is 0. The van der Waals surface area contributed by atoms with E-state index in [1.54, 1.807) is 22.7 Å². The van der Waals surface area contributed by atoms with Crippen molar-refractivity contribution in [3.05, 3.63) is 299 Å². The highest BCUT2D eigenvalue weighted by Crippen LogP contribution is 2.61. The van der Waals surface area contributed by atoms with E-state index in [1.165, 1.54) is 78.4 Å². The van der Waals surface area contributed by atoms with E-state index >= 15 is 0 Å². The molecule has 4 heterocycles. The Hall–Kier alpha value is -8.50. The van der Waals surface area contributed by atoms with Crippen molar-refractivity contribution >= 4 is 90.4 Å². The quantitative estimate of drug-likeness (QED) is 0.110. The zero-order valence-corrected chi connectivity index (χ0v) is 42.9. The normalized spacial score (nSPS) is 11.9. The van der Waals surface area contributed by atoms with Crippen LogP contribution in [0.25, 0.3) is 64.1 Å². The molecule has 0 spiro atoms. The average molecular weight is 1020 g/mol. The van der Waals surface area contributed by atoms with Gasteiger partial charge in [0.1, 0.15) is 22.7 Å². The average Bonchev–Trinajstić information content (AvgIpc) is 4.36. The molecule has 74 heavy (non-hydrogen) atoms. The highest BCUT2D eigenvalue weighted by molar-refractivity contribution is 7.58. The topological polar surface area (TPSA) is 49.4 Å². The third-order valence-electron chi connectivity index (χ3n) is 13.4. The van der Waals surface area contributed by atoms with Crippen molar-refractivity contribution in [1.29, 1.82) is 0 Å². The molecule has 0 aliphatic carbocycles. The largest absolute Gasteiger partial charge is 0.172 e. The summed E-state index contributed by atoms with van der Waals surface area (Å²) in [6.07, 6.45) is 0. The van der Waals surface area contributed by atoms with Crippen LogP contribution < -0.4 is 0 Å². The van der Waals surface area contributed by atoms with E-state index in [-0.39, 0.29) is 0 Å². The second-order valence-electron chi connectivity index (χ2n) is 17.9. The van der Waals surface area contributed by atoms with Crippen molar-refractivity contribution in [2.24, 2.45) is 17.5 Å². The van der Waals surface area contributed by atoms with Gasteiger partial charge < -0.3 is 0 Å². The lowest BCUT2D eigenvalue weighted by molar-refractivity contribution is 1.48. The lowest BCUT2D eigenvalue weighted by Crippen LogP contribution is -1.97. The van der Waals surface area contributed by atoms with Gasteiger partial charge in [0.15, 0.2) is 0 Å². The number of benzene rings is 9. The van der Waals surface area contributed by atoms with Crippen molar-refractivity contribution in [2.45, 2.75) is 0 Å². The Labute approximate surface area is 445 Å². The number of nitrogens with zero attached hydrogens (tertiary/aromatic N) is 4. The maximum atomic E-state index is 4.96. The van der Waals surface area contributed by atoms with Crippen molar-refractivity contribution in [2.75, 3.05) is 0 Å². The molecule has 2 aliphatic heterocycles. The van der Waals surface area contributed by atoms with Gasteiger partial charge in [0.25, 0.3) is 0 Å². The van der Waals surface area contributed by atoms with Crippen LogP contribution in [0.4, 0.5) is 22.7 Å². The predicted octanol–water partition coefficient (Wildman–Crippen LogP) is 19.9. The first-order chi connectivity index (χ1) is 36.7. The third-order valence-corrected chi connectivity index (χ3v) is 16.8. The van der Waals surface area contributed by atoms with E-state index in [4.69, 9.17) is 17.5 Å². The Morgan fingerprint density at radius 1 is 0.216 bits per heavy atom. The van der Waals surface area contributed by atoms with Gasteiger partial charge in [0.05, 0.1) is 22.7 Å². The molecule has 4 nitrogen and oxygen atoms in total. The predicted molar refractivity (Wildman–Crippen MR) is 316 cm³/mol. The molecule has 0 bridgehead atoms. The first-order valence-electron chi connectivity index (χ1n) is 24.4. The van der Waals surface area contributed by atoms with Crippen LogP contribution in [0, 0.1) is 0 Å². The molecule has 0 radical (unpaired) electrons. The summed E-state index contributed by atoms with van der Waals surface area (Å²) in [5.41, 5.74) is 21.8. The minimum Gasteiger partial charge on any atom is -0.172 e. The smallest absolute Gasteiger partial charge is 0.116 e. The lowest BCUT2D eigenvalue weighted by atomic mass is 9.85. The molecule has 11 aromatic rings. The molecule has 0 atom stereocenters. The van der Waals surface area contributed by atoms with Gasteiger partial charge in [-0.1, -0.05) is 231 Å². The Kier molecular flexibility index (Phi) is 12.4. The van der Waals surface area contributed by atoms with Crippen molar-refractivity contribution in [3.8, 4) is 41.8 Å². The number of fused-ring (bicyclic) bond motifs is 2. The van der Waals surface area contributed by atoms with Gasteiger partial charge in [-0.25, -0.2) is 0 Å². The summed E-state index contributed by atoms with van der Waals surface area (Å²) in [6.45, 7) is 0. The van der Waals surface area contributed by atoms with E-state index < -0.39 is 0 Å². The van der Waals surface area contributed by atoms with Crippen LogP contribution in [0.1, 0.15) is 44.5 Å². The summed E-state index contributed by atoms with van der Waals surface area (Å²) in [6, 6.07) is 91.2. The molecule has 0 saturated carbocycles. The highest BCUT2D eigenvalue weighted by atomic mass is 32.1. The maximum absolute atomic E-state index is 4.96.